The quantitative estimate of drug-likeness (QED) is 0.550. The molecule has 2 nitrogen and oxygen atoms in total. The van der Waals surface area contributed by atoms with Crippen LogP contribution < -0.4 is 0 Å². The normalized spacial score (nSPS) is 33.1. The molecule has 0 amide bonds. The Morgan fingerprint density at radius 3 is 1.57 bits per heavy atom. The van der Waals surface area contributed by atoms with Crippen molar-refractivity contribution in [3.63, 3.8) is 0 Å². The lowest BCUT2D eigenvalue weighted by Gasteiger charge is -2.19. The van der Waals surface area contributed by atoms with Crippen molar-refractivity contribution in [3.05, 3.63) is 0 Å². The van der Waals surface area contributed by atoms with Gasteiger partial charge in [0.1, 0.15) is 12.2 Å². The van der Waals surface area contributed by atoms with Crippen molar-refractivity contribution in [1.29, 1.82) is 0 Å². The maximum atomic E-state index is 5.54. The molecule has 0 saturated carbocycles. The van der Waals surface area contributed by atoms with Crippen molar-refractivity contribution in [2.45, 2.75) is 50.7 Å². The molecule has 2 fully saturated rings. The molecule has 0 bridgehead atoms. The Balaban J connectivity index is 1.78. The maximum Gasteiger partial charge on any atom is 0.118 e. The molecule has 0 N–H and O–H groups in total. The number of ether oxygens (including phenoxy) is 2. The standard InChI is InChI=1S/C12H18O2/c1-3-9-13-11(5-1)7-8-12-6-2-4-10-14-12/h11-12H,1-6,9-10H2. The van der Waals surface area contributed by atoms with Crippen molar-refractivity contribution in [3.8, 4) is 11.8 Å². The summed E-state index contributed by atoms with van der Waals surface area (Å²) < 4.78 is 11.1. The minimum Gasteiger partial charge on any atom is -0.366 e. The maximum absolute atomic E-state index is 5.54. The molecular weight excluding hydrogens is 176 g/mol. The minimum absolute atomic E-state index is 0.175. The molecule has 78 valence electrons. The Labute approximate surface area is 86.0 Å². The van der Waals surface area contributed by atoms with Crippen molar-refractivity contribution >= 4 is 0 Å². The van der Waals surface area contributed by atoms with Crippen LogP contribution in [0.2, 0.25) is 0 Å². The molecule has 2 rings (SSSR count). The molecule has 2 heteroatoms. The van der Waals surface area contributed by atoms with Crippen molar-refractivity contribution in [2.24, 2.45) is 0 Å². The van der Waals surface area contributed by atoms with E-state index in [9.17, 15) is 0 Å². The van der Waals surface area contributed by atoms with Gasteiger partial charge in [0.2, 0.25) is 0 Å². The molecule has 2 heterocycles. The first-order valence-electron chi connectivity index (χ1n) is 5.69. The van der Waals surface area contributed by atoms with Gasteiger partial charge in [0.05, 0.1) is 0 Å². The Kier molecular flexibility index (Phi) is 3.85. The predicted molar refractivity (Wildman–Crippen MR) is 55.0 cm³/mol. The van der Waals surface area contributed by atoms with E-state index in [1.807, 2.05) is 0 Å². The summed E-state index contributed by atoms with van der Waals surface area (Å²) >= 11 is 0. The van der Waals surface area contributed by atoms with E-state index in [4.69, 9.17) is 9.47 Å². The van der Waals surface area contributed by atoms with Gasteiger partial charge in [-0.15, -0.1) is 0 Å². The fraction of sp³-hybridized carbons (Fsp3) is 0.833. The van der Waals surface area contributed by atoms with Crippen LogP contribution in [0, 0.1) is 11.8 Å². The van der Waals surface area contributed by atoms with Crippen LogP contribution in [0.25, 0.3) is 0 Å². The molecule has 2 aliphatic rings. The fourth-order valence-corrected chi connectivity index (χ4v) is 1.90. The zero-order valence-corrected chi connectivity index (χ0v) is 8.63. The third-order valence-corrected chi connectivity index (χ3v) is 2.76. The highest BCUT2D eigenvalue weighted by molar-refractivity contribution is 5.10. The lowest BCUT2D eigenvalue weighted by atomic mass is 10.1. The molecule has 0 aromatic carbocycles. The number of hydrogen-bond donors (Lipinski definition) is 0. The van der Waals surface area contributed by atoms with Gasteiger partial charge in [0.25, 0.3) is 0 Å². The second-order valence-corrected chi connectivity index (χ2v) is 4.00. The van der Waals surface area contributed by atoms with Gasteiger partial charge in [-0.1, -0.05) is 11.8 Å². The lowest BCUT2D eigenvalue weighted by Crippen LogP contribution is -2.20. The summed E-state index contributed by atoms with van der Waals surface area (Å²) in [6, 6.07) is 0. The molecule has 2 saturated heterocycles. The monoisotopic (exact) mass is 194 g/mol. The molecule has 0 aromatic heterocycles. The third-order valence-electron chi connectivity index (χ3n) is 2.76. The Morgan fingerprint density at radius 1 is 0.714 bits per heavy atom. The van der Waals surface area contributed by atoms with Crippen molar-refractivity contribution in [1.82, 2.24) is 0 Å². The number of hydrogen-bond acceptors (Lipinski definition) is 2. The summed E-state index contributed by atoms with van der Waals surface area (Å²) in [5.74, 6) is 6.39. The zero-order chi connectivity index (χ0) is 9.64. The van der Waals surface area contributed by atoms with E-state index in [0.717, 1.165) is 26.1 Å². The van der Waals surface area contributed by atoms with Gasteiger partial charge < -0.3 is 9.47 Å². The summed E-state index contributed by atoms with van der Waals surface area (Å²) in [5, 5.41) is 0. The number of rotatable bonds is 0. The molecule has 2 atom stereocenters. The van der Waals surface area contributed by atoms with Crippen LogP contribution >= 0.6 is 0 Å². The average molecular weight is 194 g/mol. The minimum atomic E-state index is 0.175. The summed E-state index contributed by atoms with van der Waals surface area (Å²) in [7, 11) is 0. The largest absolute Gasteiger partial charge is 0.366 e. The Bertz CT molecular complexity index is 192. The van der Waals surface area contributed by atoms with Crippen molar-refractivity contribution in [2.75, 3.05) is 13.2 Å². The predicted octanol–water partition coefficient (Wildman–Crippen LogP) is 2.13. The van der Waals surface area contributed by atoms with E-state index < -0.39 is 0 Å². The highest BCUT2D eigenvalue weighted by Crippen LogP contribution is 2.14. The van der Waals surface area contributed by atoms with Crippen LogP contribution in [0.3, 0.4) is 0 Å². The first kappa shape index (κ1) is 10.0. The zero-order valence-electron chi connectivity index (χ0n) is 8.63. The van der Waals surface area contributed by atoms with Crippen LogP contribution in [0.5, 0.6) is 0 Å². The van der Waals surface area contributed by atoms with E-state index in [0.29, 0.717) is 0 Å². The summed E-state index contributed by atoms with van der Waals surface area (Å²) in [6.45, 7) is 1.76. The second-order valence-electron chi connectivity index (χ2n) is 4.00. The van der Waals surface area contributed by atoms with Crippen molar-refractivity contribution < 1.29 is 9.47 Å². The summed E-state index contributed by atoms with van der Waals surface area (Å²) in [4.78, 5) is 0. The van der Waals surface area contributed by atoms with Crippen LogP contribution in [0.15, 0.2) is 0 Å². The highest BCUT2D eigenvalue weighted by atomic mass is 16.5. The van der Waals surface area contributed by atoms with E-state index in [1.165, 1.54) is 25.7 Å². The van der Waals surface area contributed by atoms with Crippen LogP contribution in [0.4, 0.5) is 0 Å². The molecule has 2 unspecified atom stereocenters. The first-order valence-corrected chi connectivity index (χ1v) is 5.69. The Morgan fingerprint density at radius 2 is 1.21 bits per heavy atom. The fourth-order valence-electron chi connectivity index (χ4n) is 1.90. The van der Waals surface area contributed by atoms with Gasteiger partial charge in [-0.3, -0.25) is 0 Å². The average Bonchev–Trinajstić information content (AvgIpc) is 2.29. The van der Waals surface area contributed by atoms with E-state index >= 15 is 0 Å². The summed E-state index contributed by atoms with van der Waals surface area (Å²) in [6.07, 6.45) is 7.44. The molecular formula is C12H18O2. The topological polar surface area (TPSA) is 18.5 Å². The van der Waals surface area contributed by atoms with Gasteiger partial charge >= 0.3 is 0 Å². The van der Waals surface area contributed by atoms with E-state index in [2.05, 4.69) is 11.8 Å². The van der Waals surface area contributed by atoms with Gasteiger partial charge in [-0.25, -0.2) is 0 Å². The first-order chi connectivity index (χ1) is 6.95. The second kappa shape index (κ2) is 5.38. The van der Waals surface area contributed by atoms with E-state index in [1.54, 1.807) is 0 Å². The SMILES string of the molecule is C(#CC1CCCCO1)C1CCCCO1. The van der Waals surface area contributed by atoms with Gasteiger partial charge in [-0.05, 0) is 38.5 Å². The Hall–Kier alpha value is -0.520. The van der Waals surface area contributed by atoms with Gasteiger partial charge in [-0.2, -0.15) is 0 Å². The lowest BCUT2D eigenvalue weighted by molar-refractivity contribution is 0.0458. The molecule has 0 radical (unpaired) electrons. The van der Waals surface area contributed by atoms with Crippen LogP contribution in [-0.4, -0.2) is 25.4 Å². The van der Waals surface area contributed by atoms with Crippen LogP contribution in [0.1, 0.15) is 38.5 Å². The third kappa shape index (κ3) is 3.01. The van der Waals surface area contributed by atoms with E-state index in [-0.39, 0.29) is 12.2 Å². The van der Waals surface area contributed by atoms with Gasteiger partial charge in [0.15, 0.2) is 0 Å². The molecule has 2 aliphatic heterocycles. The molecule has 0 spiro atoms. The molecule has 14 heavy (non-hydrogen) atoms. The molecule has 0 aromatic rings. The summed E-state index contributed by atoms with van der Waals surface area (Å²) in [5.41, 5.74) is 0. The highest BCUT2D eigenvalue weighted by Gasteiger charge is 2.13. The van der Waals surface area contributed by atoms with Crippen LogP contribution in [-0.2, 0) is 9.47 Å². The molecule has 0 aliphatic carbocycles. The smallest absolute Gasteiger partial charge is 0.118 e. The van der Waals surface area contributed by atoms with Gasteiger partial charge in [0, 0.05) is 13.2 Å².